The van der Waals surface area contributed by atoms with Gasteiger partial charge in [-0.25, -0.2) is 4.79 Å². The summed E-state index contributed by atoms with van der Waals surface area (Å²) < 4.78 is 5.20. The maximum Gasteiger partial charge on any atom is 0.312 e. The number of carbonyl (C=O) groups is 13. The Labute approximate surface area is 612 Å². The zero-order chi connectivity index (χ0) is 76.9. The number of halogens is 1. The lowest BCUT2D eigenvalue weighted by atomic mass is 9.99. The number of carbonyl (C=O) groups excluding carboxylic acids is 13. The van der Waals surface area contributed by atoms with Gasteiger partial charge in [0.2, 0.25) is 65.0 Å². The lowest BCUT2D eigenvalue weighted by molar-refractivity contribution is -0.142. The predicted octanol–water partition coefficient (Wildman–Crippen LogP) is -0.286. The molecular weight excluding hydrogens is 1380 g/mol. The number of aromatic nitrogens is 1. The summed E-state index contributed by atoms with van der Waals surface area (Å²) in [5.41, 5.74) is 18.2. The molecule has 0 unspecified atom stereocenters. The van der Waals surface area contributed by atoms with Gasteiger partial charge in [0.15, 0.2) is 5.96 Å². The van der Waals surface area contributed by atoms with E-state index in [0.29, 0.717) is 33.7 Å². The molecule has 4 aromatic carbocycles. The minimum Gasteiger partial charge on any atom is -0.427 e. The Kier molecular flexibility index (Phi) is 32.4. The first-order chi connectivity index (χ1) is 50.0. The fourth-order valence-corrected chi connectivity index (χ4v) is 11.8. The normalized spacial score (nSPS) is 15.0. The second-order valence-corrected chi connectivity index (χ2v) is 26.4. The van der Waals surface area contributed by atoms with Gasteiger partial charge >= 0.3 is 12.0 Å². The summed E-state index contributed by atoms with van der Waals surface area (Å²) in [6, 6.07) is 13.5. The summed E-state index contributed by atoms with van der Waals surface area (Å²) in [5.74, 6) is -10.5. The summed E-state index contributed by atoms with van der Waals surface area (Å²) in [4.78, 5) is 185. The van der Waals surface area contributed by atoms with E-state index < -0.39 is 144 Å². The number of ether oxygens (including phenoxy) is 1. The topological polar surface area (TPSA) is 502 Å². The molecule has 0 spiro atoms. The lowest BCUT2D eigenvalue weighted by Gasteiger charge is -2.31. The third-order valence-electron chi connectivity index (χ3n) is 17.0. The van der Waals surface area contributed by atoms with E-state index >= 15 is 0 Å². The van der Waals surface area contributed by atoms with Gasteiger partial charge in [0.05, 0.1) is 6.61 Å². The maximum absolute atomic E-state index is 15.0. The molecule has 2 heterocycles. The van der Waals surface area contributed by atoms with Crippen LogP contribution in [0.2, 0.25) is 5.02 Å². The zero-order valence-electron chi connectivity index (χ0n) is 59.1. The SMILES string of the molecule is CC(=O)N[C@H](Cc1ccc2ccccc2c1)C(=O)N[C@H](Cc1ccc(Cl)cc1)C(=O)N[C@H](Cc1cccnc1)C(=O)N[C@@H](CO)C(=O)N[C@@H](Cc1ccc(OC(C)=O)cc1)C(=O)N[C@H](CCCNC(N)=O)C(=O)N[C@@H](CC(C)C)C(=O)N[C@@H](CCCNC(=N)N)C(=O)N1CCC[C@H]1C(=O)N[C@H](C)C(N)=O. The van der Waals surface area contributed by atoms with Gasteiger partial charge in [0.1, 0.15) is 66.2 Å². The number of primary amides is 2. The largest absolute Gasteiger partial charge is 0.427 e. The number of hydrogen-bond acceptors (Lipinski definition) is 17. The van der Waals surface area contributed by atoms with Gasteiger partial charge in [-0.1, -0.05) is 98.2 Å². The van der Waals surface area contributed by atoms with Gasteiger partial charge in [0, 0.05) is 76.6 Å². The Morgan fingerprint density at radius 2 is 1.05 bits per heavy atom. The Hall–Kier alpha value is -11.3. The minimum atomic E-state index is -1.88. The Bertz CT molecular complexity index is 3890. The molecule has 10 atom stereocenters. The van der Waals surface area contributed by atoms with Gasteiger partial charge in [-0.2, -0.15) is 0 Å². The van der Waals surface area contributed by atoms with Crippen molar-refractivity contribution in [3.8, 4) is 5.75 Å². The van der Waals surface area contributed by atoms with Gasteiger partial charge in [-0.15, -0.1) is 0 Å². The molecule has 13 amide bonds. The number of aliphatic hydroxyl groups is 1. The predicted molar refractivity (Wildman–Crippen MR) is 387 cm³/mol. The van der Waals surface area contributed by atoms with Gasteiger partial charge in [0.25, 0.3) is 0 Å². The molecule has 1 aliphatic heterocycles. The van der Waals surface area contributed by atoms with E-state index in [-0.39, 0.29) is 101 Å². The van der Waals surface area contributed by atoms with E-state index in [0.717, 1.165) is 10.8 Å². The lowest BCUT2D eigenvalue weighted by Crippen LogP contribution is -2.61. The molecule has 105 heavy (non-hydrogen) atoms. The molecule has 33 heteroatoms. The van der Waals surface area contributed by atoms with Crippen LogP contribution in [0.5, 0.6) is 5.75 Å². The smallest absolute Gasteiger partial charge is 0.312 e. The van der Waals surface area contributed by atoms with E-state index in [4.69, 9.17) is 38.9 Å². The molecule has 6 rings (SSSR count). The molecule has 1 saturated heterocycles. The second-order valence-electron chi connectivity index (χ2n) is 26.0. The van der Waals surface area contributed by atoms with Gasteiger partial charge in [-0.05, 0) is 121 Å². The highest BCUT2D eigenvalue weighted by Crippen LogP contribution is 2.23. The number of nitrogens with one attached hydrogen (secondary N) is 12. The number of pyridine rings is 1. The molecule has 32 nitrogen and oxygen atoms in total. The van der Waals surface area contributed by atoms with Crippen LogP contribution < -0.4 is 80.4 Å². The molecule has 5 aromatic rings. The van der Waals surface area contributed by atoms with E-state index in [2.05, 4.69) is 63.5 Å². The van der Waals surface area contributed by atoms with E-state index in [1.54, 1.807) is 50.2 Å². The summed E-state index contributed by atoms with van der Waals surface area (Å²) in [5, 5.41) is 49.6. The first-order valence-electron chi connectivity index (χ1n) is 34.4. The molecule has 0 saturated carbocycles. The van der Waals surface area contributed by atoms with E-state index in [9.17, 15) is 67.4 Å². The van der Waals surface area contributed by atoms with Crippen LogP contribution in [0, 0.1) is 11.3 Å². The number of guanidine groups is 1. The van der Waals surface area contributed by atoms with Gasteiger partial charge in [-0.3, -0.25) is 67.9 Å². The molecule has 1 aromatic heterocycles. The minimum absolute atomic E-state index is 0.0159. The number of aliphatic hydroxyl groups excluding tert-OH is 1. The van der Waals surface area contributed by atoms with Crippen molar-refractivity contribution in [3.63, 3.8) is 0 Å². The molecular formula is C72H94ClN17O15. The van der Waals surface area contributed by atoms with Crippen molar-refractivity contribution in [2.75, 3.05) is 26.2 Å². The third kappa shape index (κ3) is 27.5. The van der Waals surface area contributed by atoms with Crippen molar-refractivity contribution in [1.29, 1.82) is 5.41 Å². The first-order valence-corrected chi connectivity index (χ1v) is 34.7. The first kappa shape index (κ1) is 82.7. The molecule has 0 radical (unpaired) electrons. The van der Waals surface area contributed by atoms with Crippen molar-refractivity contribution in [3.05, 3.63) is 143 Å². The van der Waals surface area contributed by atoms with Crippen LogP contribution in [-0.2, 0) is 83.2 Å². The van der Waals surface area contributed by atoms with Crippen molar-refractivity contribution >= 4 is 105 Å². The van der Waals surface area contributed by atoms with Crippen molar-refractivity contribution in [2.24, 2.45) is 23.1 Å². The summed E-state index contributed by atoms with van der Waals surface area (Å²) >= 11 is 6.23. The number of fused-ring (bicyclic) bond motifs is 1. The standard InChI is InChI=1S/C72H94ClN17O15/c1-40(2)32-54(63(96)84-53(16-10-29-79-71(75)76)70(103)90-31-11-17-60(90)69(102)81-41(3)61(74)94)85-62(95)52(15-9-30-80-72(77)104)83-65(98)56(35-45-21-26-51(27-22-45)105-43(5)93)88-68(101)59(39-91)89-67(100)58(37-47-12-8-28-78-38-47)87-66(99)57(34-44-19-24-50(73)25-20-44)86-64(97)55(82-42(4)92)36-46-18-23-48-13-6-7-14-49(48)33-46/h6-8,12-14,18-28,33,38,40-41,52-60,91H,9-11,15-17,29-32,34-37,39H2,1-5H3,(H2,74,94)(H,81,102)(H,82,92)(H,83,98)(H,84,96)(H,85,95)(H,86,97)(H,87,99)(H,88,101)(H,89,100)(H4,75,76,79)(H3,77,80,104)/t41-,52-,53+,54+,55-,56+,57-,58-,59+,60+/m1/s1. The van der Waals surface area contributed by atoms with E-state index in [1.807, 2.05) is 42.5 Å². The van der Waals surface area contributed by atoms with Crippen LogP contribution >= 0.6 is 11.6 Å². The summed E-state index contributed by atoms with van der Waals surface area (Å²) in [7, 11) is 0. The molecule has 564 valence electrons. The maximum atomic E-state index is 15.0. The van der Waals surface area contributed by atoms with Gasteiger partial charge < -0.3 is 90.4 Å². The van der Waals surface area contributed by atoms with E-state index in [1.165, 1.54) is 62.3 Å². The van der Waals surface area contributed by atoms with Crippen LogP contribution in [0.3, 0.4) is 0 Å². The van der Waals surface area contributed by atoms with Crippen molar-refractivity contribution in [1.82, 2.24) is 68.4 Å². The molecule has 0 aliphatic carbocycles. The van der Waals surface area contributed by atoms with Crippen LogP contribution in [0.1, 0.15) is 102 Å². The average molecular weight is 1470 g/mol. The molecule has 1 fully saturated rings. The molecule has 19 N–H and O–H groups in total. The molecule has 1 aliphatic rings. The van der Waals surface area contributed by atoms with Crippen molar-refractivity contribution in [2.45, 2.75) is 166 Å². The number of nitrogens with zero attached hydrogens (tertiary/aromatic N) is 2. The fraction of sp³-hybridized carbons (Fsp3) is 0.431. The molecule has 0 bridgehead atoms. The number of nitrogens with two attached hydrogens (primary N) is 3. The number of amides is 13. The highest BCUT2D eigenvalue weighted by molar-refractivity contribution is 6.30. The number of benzene rings is 4. The number of esters is 1. The third-order valence-corrected chi connectivity index (χ3v) is 17.2. The quantitative estimate of drug-likeness (QED) is 0.00790. The van der Waals surface area contributed by atoms with Crippen LogP contribution in [0.25, 0.3) is 10.8 Å². The number of rotatable bonds is 39. The highest BCUT2D eigenvalue weighted by Gasteiger charge is 2.40. The second kappa shape index (κ2) is 41.1. The monoisotopic (exact) mass is 1470 g/mol. The number of likely N-dealkylation sites (tertiary alicyclic amines) is 1. The van der Waals surface area contributed by atoms with Crippen molar-refractivity contribution < 1.29 is 72.2 Å². The Balaban J connectivity index is 1.28. The van der Waals surface area contributed by atoms with Crippen LogP contribution in [0.4, 0.5) is 4.79 Å². The number of urea groups is 1. The summed E-state index contributed by atoms with van der Waals surface area (Å²) in [6.07, 6.45) is 2.57. The van der Waals surface area contributed by atoms with Crippen LogP contribution in [0.15, 0.2) is 116 Å². The zero-order valence-corrected chi connectivity index (χ0v) is 59.9. The Morgan fingerprint density at radius 1 is 0.562 bits per heavy atom. The fourth-order valence-electron chi connectivity index (χ4n) is 11.7. The van der Waals surface area contributed by atoms with Crippen LogP contribution in [-0.4, -0.2) is 185 Å². The highest BCUT2D eigenvalue weighted by atomic mass is 35.5. The number of hydrogen-bond donors (Lipinski definition) is 16. The summed E-state index contributed by atoms with van der Waals surface area (Å²) in [6.45, 7) is 6.33. The Morgan fingerprint density at radius 3 is 1.59 bits per heavy atom. The average Bonchev–Trinajstić information content (AvgIpc) is 1.78.